The van der Waals surface area contributed by atoms with Gasteiger partial charge in [0.25, 0.3) is 0 Å². The zero-order valence-corrected chi connectivity index (χ0v) is 12.2. The number of carbonyl (C=O) groups is 2. The average molecular weight is 307 g/mol. The Bertz CT molecular complexity index is 589. The van der Waals surface area contributed by atoms with Crippen LogP contribution in [0.25, 0.3) is 0 Å². The lowest BCUT2D eigenvalue weighted by Gasteiger charge is -2.08. The zero-order chi connectivity index (χ0) is 14.6. The van der Waals surface area contributed by atoms with E-state index < -0.39 is 27.7 Å². The Balaban J connectivity index is 3.02. The predicted molar refractivity (Wildman–Crippen MR) is 69.8 cm³/mol. The number of ether oxygens (including phenoxy) is 2. The smallest absolute Gasteiger partial charge is 0.350 e. The molecule has 1 aromatic heterocycles. The zero-order valence-electron chi connectivity index (χ0n) is 10.6. The van der Waals surface area contributed by atoms with Crippen molar-refractivity contribution in [3.8, 4) is 0 Å². The van der Waals surface area contributed by atoms with Crippen molar-refractivity contribution >= 4 is 39.0 Å². The Morgan fingerprint density at radius 2 is 1.95 bits per heavy atom. The lowest BCUT2D eigenvalue weighted by molar-refractivity contribution is -0.137. The molecule has 0 unspecified atom stereocenters. The van der Waals surface area contributed by atoms with Crippen LogP contribution in [0.1, 0.15) is 15.2 Å². The number of methoxy groups -OCH3 is 2. The first-order chi connectivity index (χ1) is 8.80. The van der Waals surface area contributed by atoms with Crippen LogP contribution in [0.15, 0.2) is 5.38 Å². The fourth-order valence-electron chi connectivity index (χ4n) is 1.22. The monoisotopic (exact) mass is 307 g/mol. The lowest BCUT2D eigenvalue weighted by atomic mass is 10.3. The van der Waals surface area contributed by atoms with Crippen LogP contribution in [-0.2, 0) is 24.3 Å². The van der Waals surface area contributed by atoms with Crippen LogP contribution in [-0.4, -0.2) is 40.3 Å². The molecule has 0 spiro atoms. The van der Waals surface area contributed by atoms with Gasteiger partial charge in [-0.1, -0.05) is 0 Å². The van der Waals surface area contributed by atoms with E-state index in [1.807, 2.05) is 0 Å². The maximum atomic E-state index is 11.7. The van der Waals surface area contributed by atoms with E-state index >= 15 is 0 Å². The van der Waals surface area contributed by atoms with Crippen LogP contribution in [0.5, 0.6) is 0 Å². The number of aryl methyl sites for hydroxylation is 1. The van der Waals surface area contributed by atoms with Gasteiger partial charge in [-0.3, -0.25) is 9.52 Å². The highest BCUT2D eigenvalue weighted by molar-refractivity contribution is 7.93. The summed E-state index contributed by atoms with van der Waals surface area (Å²) < 4.78 is 34.5. The molecule has 9 heteroatoms. The number of esters is 2. The van der Waals surface area contributed by atoms with Crippen LogP contribution in [0.3, 0.4) is 0 Å². The third kappa shape index (κ3) is 3.93. The van der Waals surface area contributed by atoms with Gasteiger partial charge in [-0.25, -0.2) is 13.2 Å². The molecule has 0 aliphatic carbocycles. The second-order valence-electron chi connectivity index (χ2n) is 3.55. The Kier molecular flexibility index (Phi) is 4.90. The van der Waals surface area contributed by atoms with E-state index in [9.17, 15) is 18.0 Å². The van der Waals surface area contributed by atoms with Gasteiger partial charge in [0, 0.05) is 0 Å². The summed E-state index contributed by atoms with van der Waals surface area (Å²) in [4.78, 5) is 22.6. The number of anilines is 1. The minimum absolute atomic E-state index is 0.126. The average Bonchev–Trinajstić information content (AvgIpc) is 2.69. The Hall–Kier alpha value is -1.61. The first kappa shape index (κ1) is 15.4. The maximum Gasteiger partial charge on any atom is 0.350 e. The number of rotatable bonds is 5. The highest BCUT2D eigenvalue weighted by atomic mass is 32.2. The van der Waals surface area contributed by atoms with E-state index in [0.29, 0.717) is 5.56 Å². The molecule has 0 saturated heterocycles. The van der Waals surface area contributed by atoms with Crippen molar-refractivity contribution in [2.75, 3.05) is 24.7 Å². The van der Waals surface area contributed by atoms with Crippen LogP contribution in [0, 0.1) is 6.92 Å². The van der Waals surface area contributed by atoms with Crippen molar-refractivity contribution in [1.82, 2.24) is 0 Å². The summed E-state index contributed by atoms with van der Waals surface area (Å²) in [5, 5.41) is 1.61. The van der Waals surface area contributed by atoms with E-state index in [4.69, 9.17) is 0 Å². The summed E-state index contributed by atoms with van der Waals surface area (Å²) in [6.07, 6.45) is 0. The van der Waals surface area contributed by atoms with Crippen molar-refractivity contribution in [3.05, 3.63) is 15.8 Å². The topological polar surface area (TPSA) is 98.8 Å². The summed E-state index contributed by atoms with van der Waals surface area (Å²) in [6, 6.07) is 0. The van der Waals surface area contributed by atoms with Gasteiger partial charge in [0.2, 0.25) is 10.0 Å². The molecule has 0 saturated carbocycles. The summed E-state index contributed by atoms with van der Waals surface area (Å²) >= 11 is 1.06. The molecule has 0 amide bonds. The van der Waals surface area contributed by atoms with E-state index in [-0.39, 0.29) is 10.6 Å². The third-order valence-corrected chi connectivity index (χ3v) is 4.35. The van der Waals surface area contributed by atoms with E-state index in [1.54, 1.807) is 12.3 Å². The van der Waals surface area contributed by atoms with Gasteiger partial charge in [0.1, 0.15) is 4.88 Å². The lowest BCUT2D eigenvalue weighted by Crippen LogP contribution is -2.24. The molecule has 1 aromatic rings. The maximum absolute atomic E-state index is 11.7. The standard InChI is InChI=1S/C10H13NO6S2/c1-6-4-18-9(10(13)17-3)8(6)11-19(14,15)5-7(12)16-2/h4,11H,5H2,1-3H3. The third-order valence-electron chi connectivity index (χ3n) is 2.14. The number of hydrogen-bond donors (Lipinski definition) is 1. The molecule has 1 N–H and O–H groups in total. The molecule has 0 bridgehead atoms. The molecule has 0 radical (unpaired) electrons. The second-order valence-corrected chi connectivity index (χ2v) is 6.15. The van der Waals surface area contributed by atoms with Crippen molar-refractivity contribution in [1.29, 1.82) is 0 Å². The summed E-state index contributed by atoms with van der Waals surface area (Å²) in [5.74, 6) is -2.35. The number of carbonyl (C=O) groups excluding carboxylic acids is 2. The molecule has 0 aliphatic heterocycles. The molecule has 0 aromatic carbocycles. The highest BCUT2D eigenvalue weighted by Gasteiger charge is 2.23. The summed E-state index contributed by atoms with van der Waals surface area (Å²) in [6.45, 7) is 1.64. The number of sulfonamides is 1. The molecule has 0 atom stereocenters. The summed E-state index contributed by atoms with van der Waals surface area (Å²) in [5.41, 5.74) is 0.694. The number of thiophene rings is 1. The quantitative estimate of drug-likeness (QED) is 0.806. The van der Waals surface area contributed by atoms with Gasteiger partial charge < -0.3 is 9.47 Å². The highest BCUT2D eigenvalue weighted by Crippen LogP contribution is 2.29. The van der Waals surface area contributed by atoms with Crippen molar-refractivity contribution in [2.45, 2.75) is 6.92 Å². The van der Waals surface area contributed by atoms with Crippen molar-refractivity contribution in [3.63, 3.8) is 0 Å². The van der Waals surface area contributed by atoms with Crippen LogP contribution in [0.4, 0.5) is 5.69 Å². The Morgan fingerprint density at radius 1 is 1.32 bits per heavy atom. The minimum atomic E-state index is -3.93. The molecular formula is C10H13NO6S2. The largest absolute Gasteiger partial charge is 0.468 e. The first-order valence-electron chi connectivity index (χ1n) is 5.04. The van der Waals surface area contributed by atoms with Gasteiger partial charge in [-0.2, -0.15) is 0 Å². The molecule has 1 heterocycles. The number of hydrogen-bond acceptors (Lipinski definition) is 7. The van der Waals surface area contributed by atoms with Gasteiger partial charge in [0.15, 0.2) is 5.75 Å². The van der Waals surface area contributed by atoms with Gasteiger partial charge in [-0.15, -0.1) is 11.3 Å². The SMILES string of the molecule is COC(=O)CS(=O)(=O)Nc1c(C)csc1C(=O)OC. The Morgan fingerprint density at radius 3 is 2.47 bits per heavy atom. The van der Waals surface area contributed by atoms with Crippen molar-refractivity contribution in [2.24, 2.45) is 0 Å². The molecule has 0 aliphatic rings. The molecular weight excluding hydrogens is 294 g/mol. The van der Waals surface area contributed by atoms with E-state index in [1.165, 1.54) is 7.11 Å². The van der Waals surface area contributed by atoms with Gasteiger partial charge in [-0.05, 0) is 17.9 Å². The molecule has 19 heavy (non-hydrogen) atoms. The fourth-order valence-corrected chi connectivity index (χ4v) is 3.28. The van der Waals surface area contributed by atoms with Gasteiger partial charge >= 0.3 is 11.9 Å². The van der Waals surface area contributed by atoms with Crippen molar-refractivity contribution < 1.29 is 27.5 Å². The van der Waals surface area contributed by atoms with Crippen LogP contribution in [0.2, 0.25) is 0 Å². The summed E-state index contributed by atoms with van der Waals surface area (Å²) in [7, 11) is -1.64. The predicted octanol–water partition coefficient (Wildman–Crippen LogP) is 0.758. The van der Waals surface area contributed by atoms with Crippen LogP contribution >= 0.6 is 11.3 Å². The van der Waals surface area contributed by atoms with Crippen LogP contribution < -0.4 is 4.72 Å². The fraction of sp³-hybridized carbons (Fsp3) is 0.400. The normalized spacial score (nSPS) is 10.9. The second kappa shape index (κ2) is 6.02. The van der Waals surface area contributed by atoms with E-state index in [2.05, 4.69) is 14.2 Å². The molecule has 106 valence electrons. The van der Waals surface area contributed by atoms with E-state index in [0.717, 1.165) is 18.4 Å². The molecule has 7 nitrogen and oxygen atoms in total. The molecule has 1 rings (SSSR count). The molecule has 0 fully saturated rings. The first-order valence-corrected chi connectivity index (χ1v) is 7.57. The Labute approximate surface area is 114 Å². The van der Waals surface area contributed by atoms with Gasteiger partial charge in [0.05, 0.1) is 19.9 Å². The minimum Gasteiger partial charge on any atom is -0.468 e. The number of nitrogens with one attached hydrogen (secondary N) is 1.